The summed E-state index contributed by atoms with van der Waals surface area (Å²) >= 11 is 1.39. The number of aromatic nitrogens is 3. The fourth-order valence-corrected chi connectivity index (χ4v) is 5.44. The van der Waals surface area contributed by atoms with Crippen LogP contribution in [0, 0.1) is 12.8 Å². The number of ether oxygens (including phenoxy) is 1. The van der Waals surface area contributed by atoms with Crippen LogP contribution in [0.25, 0.3) is 0 Å². The van der Waals surface area contributed by atoms with Gasteiger partial charge in [0.15, 0.2) is 6.61 Å². The van der Waals surface area contributed by atoms with Gasteiger partial charge in [0.2, 0.25) is 0 Å². The van der Waals surface area contributed by atoms with E-state index >= 15 is 0 Å². The molecule has 180 valence electrons. The third kappa shape index (κ3) is 6.66. The van der Waals surface area contributed by atoms with Crippen molar-refractivity contribution in [1.29, 1.82) is 0 Å². The van der Waals surface area contributed by atoms with Crippen molar-refractivity contribution in [2.24, 2.45) is 5.92 Å². The molecule has 3 heterocycles. The number of halogens is 2. The number of rotatable bonds is 8. The Morgan fingerprint density at radius 1 is 1.33 bits per heavy atom. The predicted octanol–water partition coefficient (Wildman–Crippen LogP) is 4.01. The van der Waals surface area contributed by atoms with Gasteiger partial charge in [-0.3, -0.25) is 9.69 Å². The van der Waals surface area contributed by atoms with Crippen LogP contribution < -0.4 is 10.1 Å². The number of amides is 1. The van der Waals surface area contributed by atoms with Gasteiger partial charge in [0, 0.05) is 30.9 Å². The summed E-state index contributed by atoms with van der Waals surface area (Å²) in [4.78, 5) is 20.5. The SMILES string of the molecule is Cc1nnccc1C(=O)NC1CCC(CCN2CCc3sc(OCC(C)(F)F)nc3C2)CC1. The van der Waals surface area contributed by atoms with Gasteiger partial charge in [-0.1, -0.05) is 11.3 Å². The number of nitrogens with zero attached hydrogens (tertiary/aromatic N) is 4. The zero-order valence-electron chi connectivity index (χ0n) is 19.1. The number of aryl methyl sites for hydroxylation is 1. The maximum Gasteiger partial charge on any atom is 0.278 e. The van der Waals surface area contributed by atoms with E-state index in [-0.39, 0.29) is 11.9 Å². The van der Waals surface area contributed by atoms with Crippen LogP contribution in [0.2, 0.25) is 0 Å². The normalized spacial score (nSPS) is 21.5. The number of carbonyl (C=O) groups is 1. The van der Waals surface area contributed by atoms with Crippen LogP contribution in [0.1, 0.15) is 65.7 Å². The van der Waals surface area contributed by atoms with E-state index < -0.39 is 12.5 Å². The van der Waals surface area contributed by atoms with Crippen LogP contribution in [-0.4, -0.2) is 57.6 Å². The molecule has 2 aromatic rings. The maximum atomic E-state index is 13.0. The Morgan fingerprint density at radius 2 is 2.12 bits per heavy atom. The highest BCUT2D eigenvalue weighted by molar-refractivity contribution is 7.13. The molecule has 1 saturated carbocycles. The Kier molecular flexibility index (Phi) is 7.53. The largest absolute Gasteiger partial charge is 0.464 e. The van der Waals surface area contributed by atoms with Crippen molar-refractivity contribution in [1.82, 2.24) is 25.4 Å². The van der Waals surface area contributed by atoms with Gasteiger partial charge in [0.25, 0.3) is 17.0 Å². The zero-order valence-corrected chi connectivity index (χ0v) is 20.0. The average Bonchev–Trinajstić information content (AvgIpc) is 3.19. The first-order valence-corrected chi connectivity index (χ1v) is 12.4. The summed E-state index contributed by atoms with van der Waals surface area (Å²) in [5.74, 6) is -2.26. The predicted molar refractivity (Wildman–Crippen MR) is 122 cm³/mol. The minimum Gasteiger partial charge on any atom is -0.464 e. The van der Waals surface area contributed by atoms with E-state index in [4.69, 9.17) is 4.74 Å². The van der Waals surface area contributed by atoms with Crippen molar-refractivity contribution in [3.8, 4) is 5.19 Å². The zero-order chi connectivity index (χ0) is 23.4. The molecule has 0 bridgehead atoms. The fraction of sp³-hybridized carbons (Fsp3) is 0.652. The van der Waals surface area contributed by atoms with Crippen LogP contribution in [0.3, 0.4) is 0 Å². The van der Waals surface area contributed by atoms with Crippen LogP contribution in [-0.2, 0) is 13.0 Å². The van der Waals surface area contributed by atoms with Gasteiger partial charge in [-0.15, -0.1) is 0 Å². The second kappa shape index (κ2) is 10.4. The highest BCUT2D eigenvalue weighted by atomic mass is 32.1. The summed E-state index contributed by atoms with van der Waals surface area (Å²) in [5.41, 5.74) is 2.21. The number of thiazole rings is 1. The molecular weight excluding hydrogens is 448 g/mol. The summed E-state index contributed by atoms with van der Waals surface area (Å²) in [6.07, 6.45) is 7.76. The number of fused-ring (bicyclic) bond motifs is 1. The molecule has 0 spiro atoms. The lowest BCUT2D eigenvalue weighted by atomic mass is 9.84. The van der Waals surface area contributed by atoms with Crippen LogP contribution >= 0.6 is 11.3 Å². The Labute approximate surface area is 196 Å². The number of nitrogens with one attached hydrogen (secondary N) is 1. The molecule has 33 heavy (non-hydrogen) atoms. The highest BCUT2D eigenvalue weighted by Gasteiger charge is 2.27. The number of hydrogen-bond acceptors (Lipinski definition) is 7. The molecule has 1 aliphatic heterocycles. The lowest BCUT2D eigenvalue weighted by Crippen LogP contribution is -2.38. The summed E-state index contributed by atoms with van der Waals surface area (Å²) in [7, 11) is 0. The first kappa shape index (κ1) is 23.9. The van der Waals surface area contributed by atoms with E-state index in [1.165, 1.54) is 11.3 Å². The first-order chi connectivity index (χ1) is 15.8. The summed E-state index contributed by atoms with van der Waals surface area (Å²) in [6, 6.07) is 1.92. The Balaban J connectivity index is 1.18. The van der Waals surface area contributed by atoms with Crippen LogP contribution in [0.15, 0.2) is 12.3 Å². The van der Waals surface area contributed by atoms with Crippen molar-refractivity contribution in [3.05, 3.63) is 34.1 Å². The molecule has 1 N–H and O–H groups in total. The van der Waals surface area contributed by atoms with Crippen molar-refractivity contribution in [2.45, 2.75) is 70.9 Å². The second-order valence-corrected chi connectivity index (χ2v) is 10.3. The molecule has 2 aromatic heterocycles. The molecule has 0 unspecified atom stereocenters. The monoisotopic (exact) mass is 479 g/mol. The smallest absolute Gasteiger partial charge is 0.278 e. The first-order valence-electron chi connectivity index (χ1n) is 11.6. The minimum atomic E-state index is -2.85. The van der Waals surface area contributed by atoms with E-state index in [0.29, 0.717) is 22.4 Å². The van der Waals surface area contributed by atoms with Gasteiger partial charge in [-0.25, -0.2) is 13.8 Å². The van der Waals surface area contributed by atoms with Crippen molar-refractivity contribution in [3.63, 3.8) is 0 Å². The van der Waals surface area contributed by atoms with Gasteiger partial charge < -0.3 is 10.1 Å². The molecule has 10 heteroatoms. The topological polar surface area (TPSA) is 80.2 Å². The van der Waals surface area contributed by atoms with Gasteiger partial charge in [-0.2, -0.15) is 10.2 Å². The quantitative estimate of drug-likeness (QED) is 0.616. The highest BCUT2D eigenvalue weighted by Crippen LogP contribution is 2.32. The van der Waals surface area contributed by atoms with E-state index in [1.54, 1.807) is 19.2 Å². The van der Waals surface area contributed by atoms with Gasteiger partial charge in [0.05, 0.1) is 23.1 Å². The molecular formula is C23H31F2N5O2S. The lowest BCUT2D eigenvalue weighted by molar-refractivity contribution is -0.0230. The molecule has 0 radical (unpaired) electrons. The third-order valence-electron chi connectivity index (χ3n) is 6.42. The molecule has 4 rings (SSSR count). The third-order valence-corrected chi connectivity index (χ3v) is 7.49. The second-order valence-electron chi connectivity index (χ2n) is 9.24. The van der Waals surface area contributed by atoms with E-state index in [0.717, 1.165) is 75.7 Å². The average molecular weight is 480 g/mol. The molecule has 7 nitrogen and oxygen atoms in total. The molecule has 0 aromatic carbocycles. The maximum absolute atomic E-state index is 13.0. The molecule has 2 aliphatic rings. The van der Waals surface area contributed by atoms with Gasteiger partial charge >= 0.3 is 0 Å². The van der Waals surface area contributed by atoms with E-state index in [2.05, 4.69) is 25.4 Å². The Hall–Kier alpha value is -2.20. The van der Waals surface area contributed by atoms with E-state index in [1.807, 2.05) is 0 Å². The van der Waals surface area contributed by atoms with Crippen LogP contribution in [0.5, 0.6) is 5.19 Å². The molecule has 1 amide bonds. The summed E-state index contributed by atoms with van der Waals surface area (Å²) in [5, 5.41) is 11.3. The van der Waals surface area contributed by atoms with Crippen molar-refractivity contribution >= 4 is 17.2 Å². The van der Waals surface area contributed by atoms with Crippen molar-refractivity contribution in [2.75, 3.05) is 19.7 Å². The molecule has 1 aliphatic carbocycles. The molecule has 0 saturated heterocycles. The Bertz CT molecular complexity index is 957. The molecule has 1 fully saturated rings. The van der Waals surface area contributed by atoms with Gasteiger partial charge in [0.1, 0.15) is 0 Å². The molecule has 0 atom stereocenters. The Morgan fingerprint density at radius 3 is 2.85 bits per heavy atom. The number of hydrogen-bond donors (Lipinski definition) is 1. The van der Waals surface area contributed by atoms with Crippen molar-refractivity contribution < 1.29 is 18.3 Å². The lowest BCUT2D eigenvalue weighted by Gasteiger charge is -2.32. The van der Waals surface area contributed by atoms with E-state index in [9.17, 15) is 13.6 Å². The number of alkyl halides is 2. The number of carbonyl (C=O) groups excluding carboxylic acids is 1. The fourth-order valence-electron chi connectivity index (χ4n) is 4.54. The minimum absolute atomic E-state index is 0.0655. The standard InChI is InChI=1S/C23H31F2N5O2S/c1-15-18(7-10-26-29-15)21(31)27-17-5-3-16(4-6-17)8-11-30-12-9-20-19(13-30)28-22(33-20)32-14-23(2,24)25/h7,10,16-17H,3-6,8-9,11-14H2,1-2H3,(H,27,31). The van der Waals surface area contributed by atoms with Gasteiger partial charge in [-0.05, 0) is 64.0 Å². The summed E-state index contributed by atoms with van der Waals surface area (Å²) < 4.78 is 31.2. The summed E-state index contributed by atoms with van der Waals surface area (Å²) in [6.45, 7) is 4.73. The van der Waals surface area contributed by atoms with Crippen LogP contribution in [0.4, 0.5) is 8.78 Å².